The molecule has 6 rings (SSSR count). The van der Waals surface area contributed by atoms with E-state index in [9.17, 15) is 28.2 Å². The SMILES string of the molecule is CC(=O)OO.CS(=O)c1ncc2ccc(=O)n(-c3cccc(NC(=O)OC(C)(C)C)c3)c2n1.CSc1ncc2ccc(=O)n(-c3cccc(NC(=O)OC(C)(C)C)c3)c2n1. The van der Waals surface area contributed by atoms with Gasteiger partial charge in [0.2, 0.25) is 5.16 Å². The summed E-state index contributed by atoms with van der Waals surface area (Å²) in [4.78, 5) is 78.6. The van der Waals surface area contributed by atoms with Gasteiger partial charge in [0, 0.05) is 59.9 Å². The Kier molecular flexibility index (Phi) is 15.4. The molecule has 4 heterocycles. The summed E-state index contributed by atoms with van der Waals surface area (Å²) in [5.74, 6) is -0.690. The largest absolute Gasteiger partial charge is 0.444 e. The summed E-state index contributed by atoms with van der Waals surface area (Å²) in [5, 5.41) is 14.7. The number of thioether (sulfide) groups is 1. The van der Waals surface area contributed by atoms with Crippen molar-refractivity contribution in [3.8, 4) is 11.4 Å². The van der Waals surface area contributed by atoms with Crippen molar-refractivity contribution in [2.75, 3.05) is 23.1 Å². The maximum absolute atomic E-state index is 12.6. The van der Waals surface area contributed by atoms with Gasteiger partial charge in [0.15, 0.2) is 16.5 Å². The molecular formula is C40H44N8O10S2. The molecule has 316 valence electrons. The minimum absolute atomic E-state index is 0.134. The maximum atomic E-state index is 12.6. The van der Waals surface area contributed by atoms with Crippen molar-refractivity contribution >= 4 is 74.2 Å². The molecule has 2 aromatic carbocycles. The van der Waals surface area contributed by atoms with Gasteiger partial charge in [-0.05, 0) is 96.3 Å². The maximum Gasteiger partial charge on any atom is 0.412 e. The van der Waals surface area contributed by atoms with Gasteiger partial charge in [0.25, 0.3) is 11.1 Å². The van der Waals surface area contributed by atoms with Crippen LogP contribution in [0.15, 0.2) is 105 Å². The van der Waals surface area contributed by atoms with Crippen LogP contribution in [0.5, 0.6) is 0 Å². The molecule has 18 nitrogen and oxygen atoms in total. The van der Waals surface area contributed by atoms with Crippen LogP contribution in [-0.4, -0.2) is 80.4 Å². The van der Waals surface area contributed by atoms with Crippen molar-refractivity contribution in [3.63, 3.8) is 0 Å². The Morgan fingerprint density at radius 2 is 1.15 bits per heavy atom. The van der Waals surface area contributed by atoms with E-state index in [4.69, 9.17) is 14.7 Å². The van der Waals surface area contributed by atoms with E-state index >= 15 is 0 Å². The molecule has 0 aliphatic heterocycles. The van der Waals surface area contributed by atoms with Gasteiger partial charge in [-0.3, -0.25) is 33.6 Å². The van der Waals surface area contributed by atoms with E-state index in [0.717, 1.165) is 12.3 Å². The lowest BCUT2D eigenvalue weighted by molar-refractivity contribution is -0.231. The van der Waals surface area contributed by atoms with Gasteiger partial charge in [0.05, 0.1) is 22.2 Å². The van der Waals surface area contributed by atoms with E-state index in [0.29, 0.717) is 44.6 Å². The van der Waals surface area contributed by atoms with Crippen LogP contribution in [0.4, 0.5) is 21.0 Å². The number of rotatable bonds is 6. The lowest BCUT2D eigenvalue weighted by atomic mass is 10.2. The normalized spacial score (nSPS) is 11.6. The van der Waals surface area contributed by atoms with Crippen LogP contribution in [0.3, 0.4) is 0 Å². The second-order valence-electron chi connectivity index (χ2n) is 14.5. The molecule has 0 saturated heterocycles. The summed E-state index contributed by atoms with van der Waals surface area (Å²) < 4.78 is 25.1. The van der Waals surface area contributed by atoms with Gasteiger partial charge in [-0.25, -0.2) is 34.3 Å². The van der Waals surface area contributed by atoms with Crippen molar-refractivity contribution in [1.29, 1.82) is 0 Å². The van der Waals surface area contributed by atoms with Gasteiger partial charge in [-0.1, -0.05) is 23.9 Å². The molecule has 60 heavy (non-hydrogen) atoms. The van der Waals surface area contributed by atoms with Crippen molar-refractivity contribution in [2.24, 2.45) is 0 Å². The first-order chi connectivity index (χ1) is 28.2. The average Bonchev–Trinajstić information content (AvgIpc) is 3.16. The van der Waals surface area contributed by atoms with Gasteiger partial charge in [-0.2, -0.15) is 5.26 Å². The number of benzene rings is 2. The molecule has 0 bridgehead atoms. The van der Waals surface area contributed by atoms with Crippen LogP contribution < -0.4 is 21.8 Å². The standard InChI is InChI=1S/C19H20N4O4S.C19H20N4O3S.C2H4O3/c1-19(2,3)27-18(25)21-13-6-5-7-14(10-13)23-15(24)9-8-12-11-20-17(28(4)26)22-16(12)23;1-19(2,3)26-18(25)21-13-6-5-7-14(10-13)23-15(24)9-8-12-11-20-17(27-4)22-16(12)23;1-2(3)5-4/h5-11H,1-4H3,(H,21,25);5-11H,1-4H3,(H,21,25);4H,1H3. The highest BCUT2D eigenvalue weighted by Crippen LogP contribution is 2.22. The number of carbonyl (C=O) groups excluding carboxylic acids is 3. The first-order valence-corrected chi connectivity index (χ1v) is 20.6. The van der Waals surface area contributed by atoms with Crippen LogP contribution in [0.2, 0.25) is 0 Å². The predicted molar refractivity (Wildman–Crippen MR) is 228 cm³/mol. The fourth-order valence-corrected chi connectivity index (χ4v) is 5.78. The topological polar surface area (TPSA) is 236 Å². The summed E-state index contributed by atoms with van der Waals surface area (Å²) in [7, 11) is -1.39. The van der Waals surface area contributed by atoms with Crippen molar-refractivity contribution < 1.29 is 38.2 Å². The third-order valence-corrected chi connectivity index (χ3v) is 8.56. The Morgan fingerprint density at radius 3 is 1.55 bits per heavy atom. The Labute approximate surface area is 350 Å². The number of aromatic nitrogens is 6. The second-order valence-corrected chi connectivity index (χ2v) is 16.5. The lowest BCUT2D eigenvalue weighted by Gasteiger charge is -2.20. The van der Waals surface area contributed by atoms with E-state index in [1.54, 1.807) is 108 Å². The van der Waals surface area contributed by atoms with Crippen LogP contribution in [0.1, 0.15) is 48.5 Å². The molecule has 0 aliphatic rings. The monoisotopic (exact) mass is 860 g/mol. The third kappa shape index (κ3) is 13.3. The molecule has 20 heteroatoms. The highest BCUT2D eigenvalue weighted by Gasteiger charge is 2.18. The van der Waals surface area contributed by atoms with Crippen LogP contribution >= 0.6 is 11.8 Å². The summed E-state index contributed by atoms with van der Waals surface area (Å²) in [6.45, 7) is 11.8. The minimum Gasteiger partial charge on any atom is -0.444 e. The van der Waals surface area contributed by atoms with E-state index in [1.807, 2.05) is 6.26 Å². The highest BCUT2D eigenvalue weighted by atomic mass is 32.2. The molecule has 0 aliphatic carbocycles. The average molecular weight is 861 g/mol. The molecule has 6 aromatic rings. The summed E-state index contributed by atoms with van der Waals surface area (Å²) in [5.41, 5.74) is 1.15. The minimum atomic E-state index is -1.39. The van der Waals surface area contributed by atoms with Crippen molar-refractivity contribution in [3.05, 3.63) is 106 Å². The van der Waals surface area contributed by atoms with Crippen LogP contribution in [0.25, 0.3) is 33.4 Å². The number of hydrogen-bond acceptors (Lipinski definition) is 15. The summed E-state index contributed by atoms with van der Waals surface area (Å²) in [6, 6.07) is 19.9. The van der Waals surface area contributed by atoms with E-state index < -0.39 is 40.2 Å². The number of pyridine rings is 2. The Bertz CT molecular complexity index is 2670. The zero-order valence-corrected chi connectivity index (χ0v) is 35.8. The molecule has 1 unspecified atom stereocenters. The quantitative estimate of drug-likeness (QED) is 0.0517. The molecule has 4 aromatic heterocycles. The Morgan fingerprint density at radius 1 is 0.717 bits per heavy atom. The Balaban J connectivity index is 0.000000238. The smallest absolute Gasteiger partial charge is 0.412 e. The van der Waals surface area contributed by atoms with E-state index in [1.165, 1.54) is 45.5 Å². The molecule has 1 atom stereocenters. The van der Waals surface area contributed by atoms with E-state index in [-0.39, 0.29) is 16.3 Å². The number of nitrogens with zero attached hydrogens (tertiary/aromatic N) is 6. The highest BCUT2D eigenvalue weighted by molar-refractivity contribution is 7.98. The fraction of sp³-hybridized carbons (Fsp3) is 0.275. The number of amides is 2. The number of ether oxygens (including phenoxy) is 2. The number of fused-ring (bicyclic) bond motifs is 2. The zero-order valence-electron chi connectivity index (χ0n) is 34.2. The molecule has 0 radical (unpaired) electrons. The van der Waals surface area contributed by atoms with E-state index in [2.05, 4.69) is 35.5 Å². The second kappa shape index (κ2) is 20.0. The van der Waals surface area contributed by atoms with Gasteiger partial charge < -0.3 is 14.4 Å². The van der Waals surface area contributed by atoms with Gasteiger partial charge in [-0.15, -0.1) is 0 Å². The van der Waals surface area contributed by atoms with Gasteiger partial charge in [0.1, 0.15) is 11.2 Å². The molecule has 0 spiro atoms. The van der Waals surface area contributed by atoms with Gasteiger partial charge >= 0.3 is 18.2 Å². The van der Waals surface area contributed by atoms with Crippen molar-refractivity contribution in [1.82, 2.24) is 29.1 Å². The molecule has 3 N–H and O–H groups in total. The first-order valence-electron chi connectivity index (χ1n) is 17.9. The number of hydrogen-bond donors (Lipinski definition) is 3. The predicted octanol–water partition coefficient (Wildman–Crippen LogP) is 6.74. The van der Waals surface area contributed by atoms with Crippen LogP contribution in [-0.2, 0) is 30.0 Å². The molecule has 0 fully saturated rings. The molecule has 0 saturated carbocycles. The lowest BCUT2D eigenvalue weighted by Crippen LogP contribution is -2.27. The molecular weight excluding hydrogens is 817 g/mol. The Hall–Kier alpha value is -6.51. The first kappa shape index (κ1) is 46.2. The van der Waals surface area contributed by atoms with Crippen molar-refractivity contribution in [2.45, 2.75) is 70.0 Å². The number of anilines is 2. The fourth-order valence-electron chi connectivity index (χ4n) is 5.03. The zero-order chi connectivity index (χ0) is 44.4. The van der Waals surface area contributed by atoms with Crippen LogP contribution in [0, 0.1) is 0 Å². The summed E-state index contributed by atoms with van der Waals surface area (Å²) in [6.07, 6.45) is 5.40. The number of nitrogens with one attached hydrogen (secondary N) is 2. The number of carbonyl (C=O) groups is 3. The molecule has 2 amide bonds. The third-order valence-electron chi connectivity index (χ3n) is 7.29. The summed E-state index contributed by atoms with van der Waals surface area (Å²) >= 11 is 1.40.